The van der Waals surface area contributed by atoms with Crippen LogP contribution in [0.15, 0.2) is 30.3 Å². The lowest BCUT2D eigenvalue weighted by Crippen LogP contribution is -2.02. The summed E-state index contributed by atoms with van der Waals surface area (Å²) < 4.78 is 15.9. The van der Waals surface area contributed by atoms with Gasteiger partial charge in [0.2, 0.25) is 0 Å². The molecule has 0 saturated heterocycles. The average Bonchev–Trinajstić information content (AvgIpc) is 2.79. The van der Waals surface area contributed by atoms with Crippen molar-refractivity contribution in [3.8, 4) is 5.69 Å². The lowest BCUT2D eigenvalue weighted by Gasteiger charge is -2.10. The predicted octanol–water partition coefficient (Wildman–Crippen LogP) is 5.52. The van der Waals surface area contributed by atoms with Crippen LogP contribution in [-0.4, -0.2) is 9.55 Å². The van der Waals surface area contributed by atoms with E-state index in [1.165, 1.54) is 6.07 Å². The van der Waals surface area contributed by atoms with E-state index in [1.54, 1.807) is 28.8 Å². The molecule has 0 unspecified atom stereocenters. The largest absolute Gasteiger partial charge is 0.292 e. The first-order valence-corrected chi connectivity index (χ1v) is 7.49. The highest BCUT2D eigenvalue weighted by Crippen LogP contribution is 2.31. The van der Waals surface area contributed by atoms with Crippen LogP contribution in [0.2, 0.25) is 10.0 Å². The van der Waals surface area contributed by atoms with E-state index in [2.05, 4.69) is 4.98 Å². The van der Waals surface area contributed by atoms with Crippen LogP contribution in [0.3, 0.4) is 0 Å². The van der Waals surface area contributed by atoms with Gasteiger partial charge < -0.3 is 0 Å². The summed E-state index contributed by atoms with van der Waals surface area (Å²) >= 11 is 18.0. The van der Waals surface area contributed by atoms with E-state index in [0.29, 0.717) is 32.6 Å². The van der Waals surface area contributed by atoms with Gasteiger partial charge in [0.05, 0.1) is 32.6 Å². The first-order valence-electron chi connectivity index (χ1n) is 6.20. The fourth-order valence-electron chi connectivity index (χ4n) is 2.28. The van der Waals surface area contributed by atoms with Crippen molar-refractivity contribution in [3.63, 3.8) is 0 Å². The molecule has 6 heteroatoms. The molecule has 0 aliphatic carbocycles. The van der Waals surface area contributed by atoms with Crippen LogP contribution in [0.25, 0.3) is 16.7 Å². The third-order valence-electron chi connectivity index (χ3n) is 3.23. The highest BCUT2D eigenvalue weighted by Gasteiger charge is 2.16. The van der Waals surface area contributed by atoms with Gasteiger partial charge in [-0.1, -0.05) is 29.3 Å². The molecule has 0 radical (unpaired) electrons. The van der Waals surface area contributed by atoms with E-state index in [1.807, 2.05) is 6.92 Å². The van der Waals surface area contributed by atoms with Crippen LogP contribution < -0.4 is 0 Å². The molecule has 0 N–H and O–H groups in total. The Morgan fingerprint density at radius 2 is 1.86 bits per heavy atom. The second-order valence-electron chi connectivity index (χ2n) is 4.71. The molecule has 0 atom stereocenters. The molecule has 0 spiro atoms. The molecule has 2 nitrogen and oxygen atoms in total. The minimum atomic E-state index is -0.350. The molecular formula is C15H10Cl3FN2. The Labute approximate surface area is 136 Å². The van der Waals surface area contributed by atoms with Crippen molar-refractivity contribution in [1.82, 2.24) is 9.55 Å². The number of halogens is 4. The number of benzene rings is 2. The summed E-state index contributed by atoms with van der Waals surface area (Å²) in [6.07, 6.45) is 0. The zero-order valence-corrected chi connectivity index (χ0v) is 13.3. The minimum absolute atomic E-state index is 0.150. The van der Waals surface area contributed by atoms with Gasteiger partial charge in [-0.3, -0.25) is 4.57 Å². The second kappa shape index (κ2) is 5.48. The molecule has 0 bridgehead atoms. The molecule has 2 aromatic carbocycles. The van der Waals surface area contributed by atoms with E-state index in [9.17, 15) is 4.39 Å². The van der Waals surface area contributed by atoms with Crippen LogP contribution >= 0.6 is 34.8 Å². The van der Waals surface area contributed by atoms with Crippen molar-refractivity contribution in [1.29, 1.82) is 0 Å². The van der Waals surface area contributed by atoms with Crippen LogP contribution in [0, 0.1) is 12.7 Å². The average molecular weight is 344 g/mol. The van der Waals surface area contributed by atoms with Crippen LogP contribution in [0.1, 0.15) is 11.4 Å². The lowest BCUT2D eigenvalue weighted by atomic mass is 10.2. The Bertz CT molecular complexity index is 843. The molecule has 0 saturated carbocycles. The summed E-state index contributed by atoms with van der Waals surface area (Å²) in [5.41, 5.74) is 2.63. The Kier molecular flexibility index (Phi) is 3.82. The Balaban J connectivity index is 2.40. The Hall–Kier alpha value is -1.29. The first kappa shape index (κ1) is 14.6. The van der Waals surface area contributed by atoms with Gasteiger partial charge in [0, 0.05) is 0 Å². The molecule has 1 aromatic heterocycles. The van der Waals surface area contributed by atoms with E-state index in [4.69, 9.17) is 34.8 Å². The maximum absolute atomic E-state index is 14.2. The number of hydrogen-bond donors (Lipinski definition) is 0. The van der Waals surface area contributed by atoms with E-state index < -0.39 is 0 Å². The molecule has 108 valence electrons. The summed E-state index contributed by atoms with van der Waals surface area (Å²) in [6, 6.07) is 8.20. The number of hydrogen-bond acceptors (Lipinski definition) is 1. The predicted molar refractivity (Wildman–Crippen MR) is 85.3 cm³/mol. The normalized spacial score (nSPS) is 11.3. The van der Waals surface area contributed by atoms with Gasteiger partial charge in [-0.15, -0.1) is 11.6 Å². The topological polar surface area (TPSA) is 17.8 Å². The van der Waals surface area contributed by atoms with Gasteiger partial charge in [-0.05, 0) is 36.8 Å². The summed E-state index contributed by atoms with van der Waals surface area (Å²) in [4.78, 5) is 4.40. The quantitative estimate of drug-likeness (QED) is 0.560. The van der Waals surface area contributed by atoms with Crippen LogP contribution in [-0.2, 0) is 5.88 Å². The van der Waals surface area contributed by atoms with E-state index >= 15 is 0 Å². The van der Waals surface area contributed by atoms with Gasteiger partial charge in [0.25, 0.3) is 0 Å². The van der Waals surface area contributed by atoms with Gasteiger partial charge in [-0.25, -0.2) is 9.37 Å². The van der Waals surface area contributed by atoms with E-state index in [0.717, 1.165) is 5.56 Å². The second-order valence-corrected chi connectivity index (χ2v) is 5.79. The molecule has 0 fully saturated rings. The number of aryl methyl sites for hydroxylation is 1. The maximum atomic E-state index is 14.2. The molecule has 0 aliphatic rings. The SMILES string of the molecule is Cc1ccc(F)c(-n2c(CCl)nc3cc(Cl)c(Cl)cc32)c1. The van der Waals surface area contributed by atoms with Gasteiger partial charge in [0.15, 0.2) is 0 Å². The number of alkyl halides is 1. The molecule has 1 heterocycles. The van der Waals surface area contributed by atoms with Crippen molar-refractivity contribution in [2.24, 2.45) is 0 Å². The summed E-state index contributed by atoms with van der Waals surface area (Å²) in [5.74, 6) is 0.337. The van der Waals surface area contributed by atoms with Crippen molar-refractivity contribution in [2.75, 3.05) is 0 Å². The number of imidazole rings is 1. The zero-order valence-electron chi connectivity index (χ0n) is 11.0. The number of nitrogens with zero attached hydrogens (tertiary/aromatic N) is 2. The molecule has 0 amide bonds. The molecule has 3 rings (SSSR count). The molecule has 3 aromatic rings. The number of fused-ring (bicyclic) bond motifs is 1. The standard InChI is InChI=1S/C15H10Cl3FN2/c1-8-2-3-11(19)13(4-8)21-14-6-10(18)9(17)5-12(14)20-15(21)7-16/h2-6H,7H2,1H3. The van der Waals surface area contributed by atoms with Gasteiger partial charge in [-0.2, -0.15) is 0 Å². The third-order valence-corrected chi connectivity index (χ3v) is 4.19. The Morgan fingerprint density at radius 1 is 1.14 bits per heavy atom. The van der Waals surface area contributed by atoms with Crippen molar-refractivity contribution in [2.45, 2.75) is 12.8 Å². The van der Waals surface area contributed by atoms with Gasteiger partial charge >= 0.3 is 0 Å². The number of aromatic nitrogens is 2. The summed E-state index contributed by atoms with van der Waals surface area (Å²) in [5, 5.41) is 0.791. The highest BCUT2D eigenvalue weighted by atomic mass is 35.5. The van der Waals surface area contributed by atoms with Crippen LogP contribution in [0.5, 0.6) is 0 Å². The van der Waals surface area contributed by atoms with Crippen molar-refractivity contribution >= 4 is 45.8 Å². The highest BCUT2D eigenvalue weighted by molar-refractivity contribution is 6.42. The third kappa shape index (κ3) is 2.50. The van der Waals surface area contributed by atoms with E-state index in [-0.39, 0.29) is 11.7 Å². The van der Waals surface area contributed by atoms with Gasteiger partial charge in [0.1, 0.15) is 11.6 Å². The van der Waals surface area contributed by atoms with Crippen LogP contribution in [0.4, 0.5) is 4.39 Å². The fourth-order valence-corrected chi connectivity index (χ4v) is 2.77. The smallest absolute Gasteiger partial charge is 0.147 e. The molecule has 0 aliphatic heterocycles. The lowest BCUT2D eigenvalue weighted by molar-refractivity contribution is 0.617. The zero-order chi connectivity index (χ0) is 15.1. The fraction of sp³-hybridized carbons (Fsp3) is 0.133. The monoisotopic (exact) mass is 342 g/mol. The maximum Gasteiger partial charge on any atom is 0.147 e. The minimum Gasteiger partial charge on any atom is -0.292 e. The molecular weight excluding hydrogens is 334 g/mol. The van der Waals surface area contributed by atoms with Crippen molar-refractivity contribution < 1.29 is 4.39 Å². The van der Waals surface area contributed by atoms with Crippen molar-refractivity contribution in [3.05, 3.63) is 57.6 Å². The Morgan fingerprint density at radius 3 is 2.57 bits per heavy atom. The number of rotatable bonds is 2. The molecule has 21 heavy (non-hydrogen) atoms. The summed E-state index contributed by atoms with van der Waals surface area (Å²) in [6.45, 7) is 1.90. The summed E-state index contributed by atoms with van der Waals surface area (Å²) in [7, 11) is 0. The first-order chi connectivity index (χ1) is 10.0.